The SMILES string of the molecule is CC(O)Nc1sc2c(c1C(=O)NOC(Nc1ccccc1)Nc1sc3c(c1C(N)=O)CCC3)CCCC2. The second-order valence-corrected chi connectivity index (χ2v) is 11.5. The van der Waals surface area contributed by atoms with Gasteiger partial charge >= 0.3 is 0 Å². The maximum atomic E-state index is 13.4. The topological polar surface area (TPSA) is 138 Å². The van der Waals surface area contributed by atoms with Crippen LogP contribution in [0.15, 0.2) is 30.3 Å². The molecule has 0 aliphatic heterocycles. The highest BCUT2D eigenvalue weighted by Gasteiger charge is 2.29. The molecule has 2 unspecified atom stereocenters. The van der Waals surface area contributed by atoms with Crippen molar-refractivity contribution in [1.29, 1.82) is 0 Å². The lowest BCUT2D eigenvalue weighted by Gasteiger charge is -2.22. The minimum atomic E-state index is -0.883. The Kier molecular flexibility index (Phi) is 7.65. The predicted octanol–water partition coefficient (Wildman–Crippen LogP) is 4.20. The van der Waals surface area contributed by atoms with E-state index in [-0.39, 0.29) is 0 Å². The number of hydrogen-bond donors (Lipinski definition) is 6. The minimum absolute atomic E-state index is 0.395. The van der Waals surface area contributed by atoms with E-state index in [0.717, 1.165) is 71.5 Å². The van der Waals surface area contributed by atoms with Crippen molar-refractivity contribution in [2.75, 3.05) is 16.0 Å². The molecular weight excluding hydrogens is 510 g/mol. The monoisotopic (exact) mass is 541 g/mol. The Labute approximate surface area is 223 Å². The average molecular weight is 542 g/mol. The van der Waals surface area contributed by atoms with Gasteiger partial charge in [-0.25, -0.2) is 10.3 Å². The molecule has 0 saturated carbocycles. The molecule has 11 heteroatoms. The summed E-state index contributed by atoms with van der Waals surface area (Å²) in [6.45, 7) is 1.62. The molecule has 5 rings (SSSR count). The van der Waals surface area contributed by atoms with Crippen molar-refractivity contribution in [1.82, 2.24) is 5.48 Å². The van der Waals surface area contributed by atoms with Crippen LogP contribution >= 0.6 is 22.7 Å². The molecule has 37 heavy (non-hydrogen) atoms. The highest BCUT2D eigenvalue weighted by atomic mass is 32.1. The van der Waals surface area contributed by atoms with Gasteiger partial charge in [-0.1, -0.05) is 18.2 Å². The number of thiophene rings is 2. The fraction of sp³-hybridized carbons (Fsp3) is 0.385. The van der Waals surface area contributed by atoms with Gasteiger partial charge in [0.25, 0.3) is 11.8 Å². The zero-order valence-corrected chi connectivity index (χ0v) is 22.2. The quantitative estimate of drug-likeness (QED) is 0.167. The summed E-state index contributed by atoms with van der Waals surface area (Å²) in [5, 5.41) is 20.6. The standard InChI is InChI=1S/C26H31N5O4S2/c1-14(32)28-25-21(17-10-5-6-12-18(17)37-25)23(34)31-35-26(29-15-8-3-2-4-9-15)30-24-20(22(27)33)16-11-7-13-19(16)36-24/h2-4,8-9,14,26,28-30,32H,5-7,10-13H2,1H3,(H2,27,33)(H,31,34). The first-order chi connectivity index (χ1) is 17.9. The lowest BCUT2D eigenvalue weighted by atomic mass is 9.95. The van der Waals surface area contributed by atoms with Crippen LogP contribution < -0.4 is 27.2 Å². The first-order valence-electron chi connectivity index (χ1n) is 12.5. The summed E-state index contributed by atoms with van der Waals surface area (Å²) >= 11 is 3.00. The van der Waals surface area contributed by atoms with E-state index in [1.165, 1.54) is 22.7 Å². The first kappa shape index (κ1) is 25.5. The second-order valence-electron chi connectivity index (χ2n) is 9.24. The molecule has 2 atom stereocenters. The van der Waals surface area contributed by atoms with E-state index >= 15 is 0 Å². The van der Waals surface area contributed by atoms with Gasteiger partial charge in [-0.2, -0.15) is 0 Å². The van der Waals surface area contributed by atoms with Gasteiger partial charge in [0.05, 0.1) is 11.1 Å². The number of fused-ring (bicyclic) bond motifs is 2. The molecule has 9 nitrogen and oxygen atoms in total. The van der Waals surface area contributed by atoms with E-state index in [2.05, 4.69) is 21.4 Å². The zero-order valence-electron chi connectivity index (χ0n) is 20.6. The molecule has 2 aliphatic rings. The van der Waals surface area contributed by atoms with Crippen LogP contribution in [0.3, 0.4) is 0 Å². The van der Waals surface area contributed by atoms with Crippen LogP contribution in [0.4, 0.5) is 15.7 Å². The summed E-state index contributed by atoms with van der Waals surface area (Å²) in [5.74, 6) is -0.879. The maximum absolute atomic E-state index is 13.4. The number of hydroxylamine groups is 1. The summed E-state index contributed by atoms with van der Waals surface area (Å²) in [5.41, 5.74) is 12.1. The fourth-order valence-electron chi connectivity index (χ4n) is 4.93. The number of benzene rings is 1. The van der Waals surface area contributed by atoms with Crippen molar-refractivity contribution < 1.29 is 19.5 Å². The van der Waals surface area contributed by atoms with Crippen LogP contribution in [0.25, 0.3) is 0 Å². The summed E-state index contributed by atoms with van der Waals surface area (Å²) in [4.78, 5) is 33.9. The third kappa shape index (κ3) is 5.59. The molecule has 0 fully saturated rings. The van der Waals surface area contributed by atoms with E-state index < -0.39 is 24.4 Å². The number of carbonyl (C=O) groups excluding carboxylic acids is 2. The maximum Gasteiger partial charge on any atom is 0.278 e. The third-order valence-corrected chi connectivity index (χ3v) is 8.96. The summed E-state index contributed by atoms with van der Waals surface area (Å²) in [7, 11) is 0. The van der Waals surface area contributed by atoms with Crippen LogP contribution in [0.2, 0.25) is 0 Å². The Balaban J connectivity index is 1.38. The Morgan fingerprint density at radius 1 is 0.892 bits per heavy atom. The average Bonchev–Trinajstić information content (AvgIpc) is 3.54. The molecule has 1 aromatic carbocycles. The van der Waals surface area contributed by atoms with Gasteiger partial charge < -0.3 is 26.8 Å². The number of anilines is 3. The number of carbonyl (C=O) groups is 2. The van der Waals surface area contributed by atoms with Crippen molar-refractivity contribution in [2.24, 2.45) is 5.73 Å². The van der Waals surface area contributed by atoms with E-state index in [1.807, 2.05) is 30.3 Å². The molecule has 0 bridgehead atoms. The van der Waals surface area contributed by atoms with Gasteiger partial charge in [0.1, 0.15) is 16.2 Å². The Hall–Kier alpha value is -3.12. The molecule has 196 valence electrons. The van der Waals surface area contributed by atoms with Crippen molar-refractivity contribution in [2.45, 2.75) is 64.4 Å². The smallest absolute Gasteiger partial charge is 0.278 e. The van der Waals surface area contributed by atoms with Crippen LogP contribution in [0, 0.1) is 0 Å². The summed E-state index contributed by atoms with van der Waals surface area (Å²) in [6.07, 6.45) is 4.89. The van der Waals surface area contributed by atoms with Crippen molar-refractivity contribution >= 4 is 50.2 Å². The molecule has 0 radical (unpaired) electrons. The number of hydrogen-bond acceptors (Lipinski definition) is 9. The van der Waals surface area contributed by atoms with Crippen molar-refractivity contribution in [3.63, 3.8) is 0 Å². The normalized spacial score (nSPS) is 15.8. The summed E-state index contributed by atoms with van der Waals surface area (Å²) < 4.78 is 0. The lowest BCUT2D eigenvalue weighted by Crippen LogP contribution is -2.40. The van der Waals surface area contributed by atoms with Crippen LogP contribution in [0.5, 0.6) is 0 Å². The minimum Gasteiger partial charge on any atom is -0.374 e. The number of aliphatic hydroxyl groups excluding tert-OH is 1. The number of rotatable bonds is 10. The van der Waals surface area contributed by atoms with Gasteiger partial charge in [0, 0.05) is 15.4 Å². The molecule has 2 aliphatic carbocycles. The molecule has 2 aromatic heterocycles. The Morgan fingerprint density at radius 2 is 1.51 bits per heavy atom. The lowest BCUT2D eigenvalue weighted by molar-refractivity contribution is 0.00756. The molecule has 0 saturated heterocycles. The zero-order chi connectivity index (χ0) is 25.9. The Bertz CT molecular complexity index is 1290. The molecule has 3 aromatic rings. The van der Waals surface area contributed by atoms with Gasteiger partial charge in [0.2, 0.25) is 6.35 Å². The van der Waals surface area contributed by atoms with Gasteiger partial charge in [-0.3, -0.25) is 9.59 Å². The third-order valence-electron chi connectivity index (χ3n) is 6.51. The van der Waals surface area contributed by atoms with E-state index in [1.54, 1.807) is 6.92 Å². The van der Waals surface area contributed by atoms with Crippen molar-refractivity contribution in [3.05, 3.63) is 62.3 Å². The number of amides is 2. The van der Waals surface area contributed by atoms with E-state index in [0.29, 0.717) is 21.1 Å². The Morgan fingerprint density at radius 3 is 2.22 bits per heavy atom. The first-order valence-corrected chi connectivity index (χ1v) is 14.1. The number of nitrogens with two attached hydrogens (primary N) is 1. The molecule has 2 amide bonds. The summed E-state index contributed by atoms with van der Waals surface area (Å²) in [6, 6.07) is 9.43. The number of nitrogens with one attached hydrogen (secondary N) is 4. The molecule has 0 spiro atoms. The number of aryl methyl sites for hydroxylation is 2. The van der Waals surface area contributed by atoms with Gasteiger partial charge in [-0.15, -0.1) is 22.7 Å². The van der Waals surface area contributed by atoms with Crippen molar-refractivity contribution in [3.8, 4) is 0 Å². The number of primary amides is 1. The molecule has 2 heterocycles. The molecular formula is C26H31N5O4S2. The van der Waals surface area contributed by atoms with Crippen LogP contribution in [-0.2, 0) is 30.5 Å². The molecule has 7 N–H and O–H groups in total. The van der Waals surface area contributed by atoms with E-state index in [4.69, 9.17) is 10.6 Å². The number of aliphatic hydroxyl groups is 1. The predicted molar refractivity (Wildman–Crippen MR) is 147 cm³/mol. The van der Waals surface area contributed by atoms with Gasteiger partial charge in [-0.05, 0) is 75.1 Å². The largest absolute Gasteiger partial charge is 0.374 e. The van der Waals surface area contributed by atoms with Crippen LogP contribution in [-0.4, -0.2) is 29.5 Å². The van der Waals surface area contributed by atoms with Crippen LogP contribution in [0.1, 0.15) is 67.8 Å². The highest BCUT2D eigenvalue weighted by Crippen LogP contribution is 2.40. The number of para-hydroxylation sites is 1. The fourth-order valence-corrected chi connectivity index (χ4v) is 7.61. The van der Waals surface area contributed by atoms with E-state index in [9.17, 15) is 14.7 Å². The second kappa shape index (κ2) is 11.1. The van der Waals surface area contributed by atoms with Gasteiger partial charge in [0.15, 0.2) is 0 Å². The highest BCUT2D eigenvalue weighted by molar-refractivity contribution is 7.17.